The molecule has 0 fully saturated rings. The highest BCUT2D eigenvalue weighted by molar-refractivity contribution is 5.39. The fourth-order valence-electron chi connectivity index (χ4n) is 1.96. The first kappa shape index (κ1) is 16.0. The molecule has 1 rings (SSSR count). The van der Waals surface area contributed by atoms with Crippen LogP contribution >= 0.6 is 0 Å². The molecule has 0 aliphatic rings. The summed E-state index contributed by atoms with van der Waals surface area (Å²) in [6, 6.07) is 8.11. The third-order valence-corrected chi connectivity index (χ3v) is 3.13. The highest BCUT2D eigenvalue weighted by Crippen LogP contribution is 2.07. The Morgan fingerprint density at radius 3 is 2.26 bits per heavy atom. The summed E-state index contributed by atoms with van der Waals surface area (Å²) in [7, 11) is 3.49. The van der Waals surface area contributed by atoms with Crippen molar-refractivity contribution in [3.8, 4) is 0 Å². The van der Waals surface area contributed by atoms with Gasteiger partial charge in [0, 0.05) is 46.1 Å². The minimum absolute atomic E-state index is 0.773. The molecule has 0 saturated carbocycles. The lowest BCUT2D eigenvalue weighted by Gasteiger charge is -2.21. The lowest BCUT2D eigenvalue weighted by Crippen LogP contribution is -2.31. The molecular formula is C15H26N2O2. The second-order valence-electron chi connectivity index (χ2n) is 4.67. The van der Waals surface area contributed by atoms with Gasteiger partial charge in [-0.25, -0.2) is 0 Å². The van der Waals surface area contributed by atoms with Gasteiger partial charge in [0.15, 0.2) is 0 Å². The maximum absolute atomic E-state index is 5.69. The largest absolute Gasteiger partial charge is 0.399 e. The second kappa shape index (κ2) is 9.78. The molecule has 0 unspecified atom stereocenters. The van der Waals surface area contributed by atoms with Gasteiger partial charge in [0.05, 0.1) is 6.61 Å². The Morgan fingerprint density at radius 2 is 1.63 bits per heavy atom. The number of benzene rings is 1. The van der Waals surface area contributed by atoms with E-state index in [1.54, 1.807) is 14.2 Å². The molecule has 0 aromatic heterocycles. The van der Waals surface area contributed by atoms with Gasteiger partial charge in [-0.1, -0.05) is 12.1 Å². The van der Waals surface area contributed by atoms with Gasteiger partial charge < -0.3 is 20.1 Å². The number of anilines is 1. The zero-order valence-electron chi connectivity index (χ0n) is 12.1. The van der Waals surface area contributed by atoms with Gasteiger partial charge in [-0.05, 0) is 30.5 Å². The quantitative estimate of drug-likeness (QED) is 0.518. The van der Waals surface area contributed by atoms with Crippen LogP contribution in [0.3, 0.4) is 0 Å². The van der Waals surface area contributed by atoms with Gasteiger partial charge in [0.2, 0.25) is 0 Å². The van der Waals surface area contributed by atoms with Crippen LogP contribution < -0.4 is 5.73 Å². The Balaban J connectivity index is 2.35. The van der Waals surface area contributed by atoms with Crippen molar-refractivity contribution in [3.05, 3.63) is 29.8 Å². The van der Waals surface area contributed by atoms with E-state index in [4.69, 9.17) is 15.2 Å². The van der Waals surface area contributed by atoms with Crippen molar-refractivity contribution in [3.63, 3.8) is 0 Å². The number of hydrogen-bond acceptors (Lipinski definition) is 4. The van der Waals surface area contributed by atoms with Gasteiger partial charge in [-0.15, -0.1) is 0 Å². The van der Waals surface area contributed by atoms with Gasteiger partial charge >= 0.3 is 0 Å². The second-order valence-corrected chi connectivity index (χ2v) is 4.67. The predicted octanol–water partition coefficient (Wildman–Crippen LogP) is 1.80. The molecule has 0 bridgehead atoms. The molecule has 0 aliphatic heterocycles. The van der Waals surface area contributed by atoms with E-state index in [1.165, 1.54) is 5.56 Å². The zero-order chi connectivity index (χ0) is 13.9. The Morgan fingerprint density at radius 1 is 0.947 bits per heavy atom. The normalized spacial score (nSPS) is 11.1. The summed E-state index contributed by atoms with van der Waals surface area (Å²) < 4.78 is 10.3. The van der Waals surface area contributed by atoms with Crippen LogP contribution in [0.5, 0.6) is 0 Å². The summed E-state index contributed by atoms with van der Waals surface area (Å²) in [5.74, 6) is 0. The number of nitrogens with zero attached hydrogens (tertiary/aromatic N) is 1. The van der Waals surface area contributed by atoms with Crippen LogP contribution in [0.1, 0.15) is 12.0 Å². The molecule has 108 valence electrons. The highest BCUT2D eigenvalue weighted by Gasteiger charge is 2.05. The Labute approximate surface area is 116 Å². The van der Waals surface area contributed by atoms with E-state index in [0.29, 0.717) is 0 Å². The Kier molecular flexibility index (Phi) is 8.21. The molecule has 2 N–H and O–H groups in total. The summed E-state index contributed by atoms with van der Waals surface area (Å²) in [6.07, 6.45) is 2.10. The Bertz CT molecular complexity index is 327. The first-order chi connectivity index (χ1) is 9.26. The summed E-state index contributed by atoms with van der Waals surface area (Å²) in [4.78, 5) is 2.42. The molecule has 0 atom stereocenters. The minimum Gasteiger partial charge on any atom is -0.399 e. The van der Waals surface area contributed by atoms with Crippen molar-refractivity contribution in [1.82, 2.24) is 4.90 Å². The van der Waals surface area contributed by atoms with Gasteiger partial charge in [0.25, 0.3) is 0 Å². The monoisotopic (exact) mass is 266 g/mol. The molecule has 0 aliphatic carbocycles. The van der Waals surface area contributed by atoms with E-state index in [1.807, 2.05) is 12.1 Å². The van der Waals surface area contributed by atoms with E-state index >= 15 is 0 Å². The molecule has 1 aromatic carbocycles. The average molecular weight is 266 g/mol. The lowest BCUT2D eigenvalue weighted by molar-refractivity contribution is 0.133. The first-order valence-corrected chi connectivity index (χ1v) is 6.81. The number of nitrogens with two attached hydrogens (primary N) is 1. The molecule has 4 heteroatoms. The van der Waals surface area contributed by atoms with Crippen molar-refractivity contribution in [1.29, 1.82) is 0 Å². The van der Waals surface area contributed by atoms with Crippen molar-refractivity contribution >= 4 is 5.69 Å². The lowest BCUT2D eigenvalue weighted by atomic mass is 10.1. The summed E-state index contributed by atoms with van der Waals surface area (Å²) in [6.45, 7) is 4.64. The molecule has 19 heavy (non-hydrogen) atoms. The zero-order valence-corrected chi connectivity index (χ0v) is 12.1. The van der Waals surface area contributed by atoms with Gasteiger partial charge in [0.1, 0.15) is 0 Å². The molecule has 0 saturated heterocycles. The molecule has 4 nitrogen and oxygen atoms in total. The van der Waals surface area contributed by atoms with E-state index in [-0.39, 0.29) is 0 Å². The maximum atomic E-state index is 5.69. The van der Waals surface area contributed by atoms with Crippen LogP contribution in [-0.4, -0.2) is 52.0 Å². The van der Waals surface area contributed by atoms with Crippen molar-refractivity contribution in [2.24, 2.45) is 0 Å². The summed E-state index contributed by atoms with van der Waals surface area (Å²) >= 11 is 0. The van der Waals surface area contributed by atoms with Crippen LogP contribution in [0, 0.1) is 0 Å². The van der Waals surface area contributed by atoms with E-state index in [9.17, 15) is 0 Å². The number of methoxy groups -OCH3 is 2. The SMILES string of the molecule is COCCCN(CCOC)CCc1ccc(N)cc1. The molecule has 0 heterocycles. The van der Waals surface area contributed by atoms with Crippen LogP contribution in [0.4, 0.5) is 5.69 Å². The third kappa shape index (κ3) is 7.15. The van der Waals surface area contributed by atoms with Crippen molar-refractivity contribution in [2.75, 3.05) is 52.8 Å². The smallest absolute Gasteiger partial charge is 0.0589 e. The van der Waals surface area contributed by atoms with Crippen LogP contribution in [0.15, 0.2) is 24.3 Å². The number of nitrogen functional groups attached to an aromatic ring is 1. The summed E-state index contributed by atoms with van der Waals surface area (Å²) in [5, 5.41) is 0. The van der Waals surface area contributed by atoms with E-state index < -0.39 is 0 Å². The minimum atomic E-state index is 0.773. The predicted molar refractivity (Wildman–Crippen MR) is 79.4 cm³/mol. The average Bonchev–Trinajstić information content (AvgIpc) is 2.43. The van der Waals surface area contributed by atoms with Crippen LogP contribution in [-0.2, 0) is 15.9 Å². The fourth-order valence-corrected chi connectivity index (χ4v) is 1.96. The van der Waals surface area contributed by atoms with Crippen molar-refractivity contribution in [2.45, 2.75) is 12.8 Å². The summed E-state index contributed by atoms with van der Waals surface area (Å²) in [5.41, 5.74) is 7.83. The molecule has 0 radical (unpaired) electrons. The first-order valence-electron chi connectivity index (χ1n) is 6.81. The number of rotatable bonds is 10. The highest BCUT2D eigenvalue weighted by atomic mass is 16.5. The third-order valence-electron chi connectivity index (χ3n) is 3.13. The van der Waals surface area contributed by atoms with Crippen molar-refractivity contribution < 1.29 is 9.47 Å². The van der Waals surface area contributed by atoms with Gasteiger partial charge in [-0.2, -0.15) is 0 Å². The van der Waals surface area contributed by atoms with Crippen LogP contribution in [0.2, 0.25) is 0 Å². The van der Waals surface area contributed by atoms with E-state index in [0.717, 1.165) is 51.4 Å². The molecule has 1 aromatic rings. The molecule has 0 spiro atoms. The molecular weight excluding hydrogens is 240 g/mol. The standard InChI is InChI=1S/C15H26N2O2/c1-18-12-3-9-17(11-13-19-2)10-8-14-4-6-15(16)7-5-14/h4-7H,3,8-13,16H2,1-2H3. The molecule has 0 amide bonds. The fraction of sp³-hybridized carbons (Fsp3) is 0.600. The topological polar surface area (TPSA) is 47.7 Å². The van der Waals surface area contributed by atoms with Gasteiger partial charge in [-0.3, -0.25) is 0 Å². The van der Waals surface area contributed by atoms with E-state index in [2.05, 4.69) is 17.0 Å². The Hall–Kier alpha value is -1.10. The van der Waals surface area contributed by atoms with Crippen LogP contribution in [0.25, 0.3) is 0 Å². The number of hydrogen-bond donors (Lipinski definition) is 1. The number of ether oxygens (including phenoxy) is 2. The maximum Gasteiger partial charge on any atom is 0.0589 e.